The Morgan fingerprint density at radius 2 is 1.52 bits per heavy atom. The van der Waals surface area contributed by atoms with Crippen LogP contribution in [0.5, 0.6) is 0 Å². The minimum absolute atomic E-state index is 0.115. The van der Waals surface area contributed by atoms with Gasteiger partial charge in [-0.2, -0.15) is 0 Å². The fraction of sp³-hybridized carbons (Fsp3) is 0.167. The van der Waals surface area contributed by atoms with E-state index in [1.807, 2.05) is 13.0 Å². The third-order valence-corrected chi connectivity index (χ3v) is 3.96. The highest BCUT2D eigenvalue weighted by atomic mass is 16.1. The molecular weight excluding hydrogens is 264 g/mol. The molecule has 0 aliphatic heterocycles. The molecule has 0 heterocycles. The van der Waals surface area contributed by atoms with Crippen LogP contribution in [-0.4, -0.2) is 17.3 Å². The molecule has 0 spiro atoms. The zero-order valence-corrected chi connectivity index (χ0v) is 12.1. The van der Waals surface area contributed by atoms with Crippen molar-refractivity contribution in [2.24, 2.45) is 0 Å². The summed E-state index contributed by atoms with van der Waals surface area (Å²) < 4.78 is 0. The van der Waals surface area contributed by atoms with E-state index >= 15 is 0 Å². The number of aryl methyl sites for hydroxylation is 2. The highest BCUT2D eigenvalue weighted by Crippen LogP contribution is 2.32. The summed E-state index contributed by atoms with van der Waals surface area (Å²) in [7, 11) is 0. The second-order valence-corrected chi connectivity index (χ2v) is 5.43. The Morgan fingerprint density at radius 1 is 0.857 bits per heavy atom. The van der Waals surface area contributed by atoms with Crippen molar-refractivity contribution in [2.75, 3.05) is 0 Å². The van der Waals surface area contributed by atoms with Crippen LogP contribution in [0.2, 0.25) is 0 Å². The van der Waals surface area contributed by atoms with E-state index < -0.39 is 0 Å². The standard InChI is InChI=1S/C18H14O3/c1-9-5-4-6-13-15(9)18(21)16-10(2)7-12(11(3)19)8-14(16)17(13)20/h4-8H,1-3H3. The van der Waals surface area contributed by atoms with Gasteiger partial charge in [-0.05, 0) is 44.0 Å². The molecule has 1 aliphatic rings. The topological polar surface area (TPSA) is 51.2 Å². The molecule has 0 bridgehead atoms. The Bertz CT molecular complexity index is 829. The highest BCUT2D eigenvalue weighted by molar-refractivity contribution is 6.29. The van der Waals surface area contributed by atoms with Gasteiger partial charge < -0.3 is 0 Å². The molecule has 2 aromatic carbocycles. The lowest BCUT2D eigenvalue weighted by atomic mass is 9.79. The molecule has 0 unspecified atom stereocenters. The van der Waals surface area contributed by atoms with E-state index in [9.17, 15) is 14.4 Å². The molecule has 0 amide bonds. The lowest BCUT2D eigenvalue weighted by Gasteiger charge is -2.21. The van der Waals surface area contributed by atoms with Crippen molar-refractivity contribution >= 4 is 17.3 Å². The van der Waals surface area contributed by atoms with E-state index in [1.165, 1.54) is 13.0 Å². The van der Waals surface area contributed by atoms with Gasteiger partial charge in [-0.3, -0.25) is 14.4 Å². The number of hydrogen-bond donors (Lipinski definition) is 0. The zero-order chi connectivity index (χ0) is 15.3. The van der Waals surface area contributed by atoms with Gasteiger partial charge in [0.1, 0.15) is 0 Å². The second-order valence-electron chi connectivity index (χ2n) is 5.43. The van der Waals surface area contributed by atoms with E-state index in [4.69, 9.17) is 0 Å². The summed E-state index contributed by atoms with van der Waals surface area (Å²) >= 11 is 0. The smallest absolute Gasteiger partial charge is 0.195 e. The summed E-state index contributed by atoms with van der Waals surface area (Å²) in [5, 5.41) is 0. The van der Waals surface area contributed by atoms with Gasteiger partial charge >= 0.3 is 0 Å². The van der Waals surface area contributed by atoms with Gasteiger partial charge in [-0.25, -0.2) is 0 Å². The average Bonchev–Trinajstić information content (AvgIpc) is 2.43. The molecule has 3 heteroatoms. The first-order valence-electron chi connectivity index (χ1n) is 6.76. The SMILES string of the molecule is CC(=O)c1cc(C)c2c(c1)C(=O)c1cccc(C)c1C2=O. The summed E-state index contributed by atoms with van der Waals surface area (Å²) in [5.74, 6) is -0.434. The number of carbonyl (C=O) groups is 3. The molecule has 0 radical (unpaired) electrons. The predicted molar refractivity (Wildman–Crippen MR) is 79.2 cm³/mol. The van der Waals surface area contributed by atoms with Crippen molar-refractivity contribution in [3.05, 3.63) is 69.3 Å². The van der Waals surface area contributed by atoms with Gasteiger partial charge in [0, 0.05) is 27.8 Å². The van der Waals surface area contributed by atoms with E-state index in [2.05, 4.69) is 0 Å². The van der Waals surface area contributed by atoms with Gasteiger partial charge in [-0.1, -0.05) is 18.2 Å². The van der Waals surface area contributed by atoms with Crippen LogP contribution in [-0.2, 0) is 0 Å². The number of rotatable bonds is 1. The normalized spacial score (nSPS) is 12.9. The monoisotopic (exact) mass is 278 g/mol. The van der Waals surface area contributed by atoms with Crippen LogP contribution in [0.3, 0.4) is 0 Å². The van der Waals surface area contributed by atoms with Crippen LogP contribution < -0.4 is 0 Å². The summed E-state index contributed by atoms with van der Waals surface area (Å²) in [6.07, 6.45) is 0. The van der Waals surface area contributed by atoms with E-state index in [0.717, 1.165) is 5.56 Å². The first-order chi connectivity index (χ1) is 9.91. The van der Waals surface area contributed by atoms with Gasteiger partial charge in [0.05, 0.1) is 0 Å². The minimum Gasteiger partial charge on any atom is -0.295 e. The number of carbonyl (C=O) groups excluding carboxylic acids is 3. The van der Waals surface area contributed by atoms with Gasteiger partial charge in [0.15, 0.2) is 17.3 Å². The number of ketones is 3. The molecule has 0 N–H and O–H groups in total. The van der Waals surface area contributed by atoms with E-state index in [0.29, 0.717) is 33.4 Å². The summed E-state index contributed by atoms with van der Waals surface area (Å²) in [4.78, 5) is 37.0. The Morgan fingerprint density at radius 3 is 2.19 bits per heavy atom. The molecule has 0 saturated heterocycles. The number of fused-ring (bicyclic) bond motifs is 2. The zero-order valence-electron chi connectivity index (χ0n) is 12.1. The molecule has 21 heavy (non-hydrogen) atoms. The van der Waals surface area contributed by atoms with Crippen molar-refractivity contribution in [2.45, 2.75) is 20.8 Å². The van der Waals surface area contributed by atoms with E-state index in [-0.39, 0.29) is 17.3 Å². The third kappa shape index (κ3) is 1.85. The predicted octanol–water partition coefficient (Wildman–Crippen LogP) is 3.28. The quantitative estimate of drug-likeness (QED) is 0.642. The van der Waals surface area contributed by atoms with Crippen LogP contribution in [0.1, 0.15) is 60.3 Å². The molecule has 104 valence electrons. The third-order valence-electron chi connectivity index (χ3n) is 3.96. The molecule has 0 atom stereocenters. The van der Waals surface area contributed by atoms with Crippen molar-refractivity contribution in [3.8, 4) is 0 Å². The maximum absolute atomic E-state index is 12.7. The maximum Gasteiger partial charge on any atom is 0.195 e. The number of benzene rings is 2. The lowest BCUT2D eigenvalue weighted by molar-refractivity contribution is 0.0976. The summed E-state index contributed by atoms with van der Waals surface area (Å²) in [5.41, 5.74) is 3.59. The Balaban J connectivity index is 2.36. The van der Waals surface area contributed by atoms with Gasteiger partial charge in [-0.15, -0.1) is 0 Å². The highest BCUT2D eigenvalue weighted by Gasteiger charge is 2.32. The van der Waals surface area contributed by atoms with E-state index in [1.54, 1.807) is 25.1 Å². The number of Topliss-reactive ketones (excluding diaryl/α,β-unsaturated/α-hetero) is 1. The van der Waals surface area contributed by atoms with Crippen LogP contribution in [0.25, 0.3) is 0 Å². The summed E-state index contributed by atoms with van der Waals surface area (Å²) in [6, 6.07) is 8.48. The van der Waals surface area contributed by atoms with Crippen molar-refractivity contribution in [1.29, 1.82) is 0 Å². The Hall–Kier alpha value is -2.55. The van der Waals surface area contributed by atoms with Crippen molar-refractivity contribution in [3.63, 3.8) is 0 Å². The second kappa shape index (κ2) is 4.48. The van der Waals surface area contributed by atoms with Gasteiger partial charge in [0.2, 0.25) is 0 Å². The Kier molecular flexibility index (Phi) is 2.87. The molecule has 0 fully saturated rings. The van der Waals surface area contributed by atoms with Crippen molar-refractivity contribution in [1.82, 2.24) is 0 Å². The fourth-order valence-electron chi connectivity index (χ4n) is 2.90. The molecule has 0 aromatic heterocycles. The molecule has 3 rings (SSSR count). The largest absolute Gasteiger partial charge is 0.295 e. The fourth-order valence-corrected chi connectivity index (χ4v) is 2.90. The lowest BCUT2D eigenvalue weighted by Crippen LogP contribution is -2.23. The molecule has 1 aliphatic carbocycles. The minimum atomic E-state index is -0.186. The number of hydrogen-bond acceptors (Lipinski definition) is 3. The first-order valence-corrected chi connectivity index (χ1v) is 6.76. The summed E-state index contributed by atoms with van der Waals surface area (Å²) in [6.45, 7) is 5.04. The van der Waals surface area contributed by atoms with Crippen LogP contribution in [0.4, 0.5) is 0 Å². The molecule has 0 saturated carbocycles. The molecule has 3 nitrogen and oxygen atoms in total. The van der Waals surface area contributed by atoms with Gasteiger partial charge in [0.25, 0.3) is 0 Å². The van der Waals surface area contributed by atoms with Crippen molar-refractivity contribution < 1.29 is 14.4 Å². The molecular formula is C18H14O3. The molecule has 2 aromatic rings. The Labute approximate surface area is 122 Å². The van der Waals surface area contributed by atoms with Crippen LogP contribution in [0, 0.1) is 13.8 Å². The van der Waals surface area contributed by atoms with Crippen LogP contribution in [0.15, 0.2) is 30.3 Å². The first kappa shape index (κ1) is 13.4. The maximum atomic E-state index is 12.7. The van der Waals surface area contributed by atoms with Crippen LogP contribution >= 0.6 is 0 Å². The average molecular weight is 278 g/mol.